The Morgan fingerprint density at radius 3 is 2.62 bits per heavy atom. The zero-order chi connectivity index (χ0) is 27.2. The summed E-state index contributed by atoms with van der Waals surface area (Å²) >= 11 is 0. The first-order valence-electron chi connectivity index (χ1n) is 14.1. The molecule has 1 spiro atoms. The molecule has 3 heterocycles. The Labute approximate surface area is 222 Å². The number of amides is 2. The van der Waals surface area contributed by atoms with E-state index < -0.39 is 41.6 Å². The standard InChI is InChI=1S/C29H46N2O6/c1-6-9-11-13-18-36-28(35)23-22-14-15-29(37-22)24(23)26(33)31(21(19-32)20(4)5)25(29)27(34)30(16-8-3)17-12-10-7-2/h6,8,20-25,32H,1,3,7,9-19H2,2,4-5H3/t21-,22-,23+,24-,25?,29?/m0/s1. The van der Waals surface area contributed by atoms with Gasteiger partial charge >= 0.3 is 5.97 Å². The molecule has 8 nitrogen and oxygen atoms in total. The summed E-state index contributed by atoms with van der Waals surface area (Å²) in [6, 6.07) is -1.44. The smallest absolute Gasteiger partial charge is 0.312 e. The van der Waals surface area contributed by atoms with Gasteiger partial charge in [0.05, 0.1) is 37.2 Å². The molecule has 0 aromatic heterocycles. The van der Waals surface area contributed by atoms with Crippen molar-refractivity contribution in [3.63, 3.8) is 0 Å². The SMILES string of the molecule is C=CCCCCOC(=O)[C@@H]1[C@@H]2CCC3(O2)C(C(=O)N(CC=C)CCCCC)N([C@@H](CO)C(C)C)C(=O)[C@H]13. The number of hydrogen-bond acceptors (Lipinski definition) is 6. The molecule has 8 heteroatoms. The lowest BCUT2D eigenvalue weighted by molar-refractivity contribution is -0.157. The van der Waals surface area contributed by atoms with Crippen molar-refractivity contribution in [3.05, 3.63) is 25.3 Å². The quantitative estimate of drug-likeness (QED) is 0.191. The van der Waals surface area contributed by atoms with Crippen LogP contribution in [-0.2, 0) is 23.9 Å². The van der Waals surface area contributed by atoms with Gasteiger partial charge in [0, 0.05) is 13.1 Å². The number of rotatable bonds is 16. The van der Waals surface area contributed by atoms with E-state index in [1.165, 1.54) is 0 Å². The van der Waals surface area contributed by atoms with Gasteiger partial charge in [0.1, 0.15) is 11.6 Å². The number of carbonyl (C=O) groups is 3. The summed E-state index contributed by atoms with van der Waals surface area (Å²) in [6.45, 7) is 14.5. The average molecular weight is 519 g/mol. The van der Waals surface area contributed by atoms with Gasteiger partial charge in [-0.2, -0.15) is 0 Å². The third-order valence-electron chi connectivity index (χ3n) is 8.30. The summed E-state index contributed by atoms with van der Waals surface area (Å²) in [4.78, 5) is 44.9. The third kappa shape index (κ3) is 5.65. The average Bonchev–Trinajstić information content (AvgIpc) is 3.51. The number of fused-ring (bicyclic) bond motifs is 1. The molecule has 2 bridgehead atoms. The highest BCUT2D eigenvalue weighted by molar-refractivity contribution is 5.98. The Hall–Kier alpha value is -2.19. The van der Waals surface area contributed by atoms with E-state index in [1.807, 2.05) is 19.9 Å². The number of nitrogens with zero attached hydrogens (tertiary/aromatic N) is 2. The summed E-state index contributed by atoms with van der Waals surface area (Å²) in [5.41, 5.74) is -1.09. The normalized spacial score (nSPS) is 28.9. The Bertz CT molecular complexity index is 844. The van der Waals surface area contributed by atoms with Crippen molar-refractivity contribution in [2.45, 2.75) is 95.9 Å². The van der Waals surface area contributed by atoms with Gasteiger partial charge in [-0.15, -0.1) is 13.2 Å². The van der Waals surface area contributed by atoms with Crippen LogP contribution in [0.1, 0.15) is 72.1 Å². The topological polar surface area (TPSA) is 96.4 Å². The predicted octanol–water partition coefficient (Wildman–Crippen LogP) is 3.48. The first-order valence-corrected chi connectivity index (χ1v) is 14.1. The maximum absolute atomic E-state index is 14.2. The van der Waals surface area contributed by atoms with E-state index in [2.05, 4.69) is 20.1 Å². The van der Waals surface area contributed by atoms with E-state index in [0.29, 0.717) is 25.9 Å². The van der Waals surface area contributed by atoms with Crippen molar-refractivity contribution >= 4 is 17.8 Å². The minimum absolute atomic E-state index is 0.0834. The van der Waals surface area contributed by atoms with Crippen LogP contribution in [-0.4, -0.2) is 82.8 Å². The maximum atomic E-state index is 14.2. The van der Waals surface area contributed by atoms with Gasteiger partial charge in [0.15, 0.2) is 0 Å². The number of aliphatic hydroxyl groups is 1. The zero-order valence-corrected chi connectivity index (χ0v) is 22.9. The van der Waals surface area contributed by atoms with Crippen LogP contribution in [0.2, 0.25) is 0 Å². The van der Waals surface area contributed by atoms with Crippen LogP contribution in [0.15, 0.2) is 25.3 Å². The molecule has 0 radical (unpaired) electrons. The molecule has 0 aliphatic carbocycles. The molecular formula is C29H46N2O6. The second-order valence-electron chi connectivity index (χ2n) is 11.0. The molecule has 37 heavy (non-hydrogen) atoms. The van der Waals surface area contributed by atoms with E-state index in [-0.39, 0.29) is 30.9 Å². The van der Waals surface area contributed by atoms with Gasteiger partial charge in [-0.25, -0.2) is 0 Å². The summed E-state index contributed by atoms with van der Waals surface area (Å²) in [5, 5.41) is 10.3. The number of esters is 1. The fourth-order valence-corrected chi connectivity index (χ4v) is 6.45. The molecule has 2 amide bonds. The monoisotopic (exact) mass is 518 g/mol. The first-order chi connectivity index (χ1) is 17.8. The Kier molecular flexibility index (Phi) is 10.4. The number of aliphatic hydroxyl groups excluding tert-OH is 1. The number of likely N-dealkylation sites (tertiary alicyclic amines) is 1. The van der Waals surface area contributed by atoms with Crippen LogP contribution < -0.4 is 0 Å². The summed E-state index contributed by atoms with van der Waals surface area (Å²) < 4.78 is 12.1. The Morgan fingerprint density at radius 1 is 1.24 bits per heavy atom. The van der Waals surface area contributed by atoms with Crippen LogP contribution in [0, 0.1) is 17.8 Å². The largest absolute Gasteiger partial charge is 0.465 e. The molecule has 0 aromatic rings. The van der Waals surface area contributed by atoms with Gasteiger partial charge in [-0.1, -0.05) is 45.8 Å². The van der Waals surface area contributed by atoms with Crippen LogP contribution in [0.3, 0.4) is 0 Å². The molecule has 3 fully saturated rings. The molecule has 1 N–H and O–H groups in total. The van der Waals surface area contributed by atoms with Crippen molar-refractivity contribution in [2.75, 3.05) is 26.3 Å². The number of ether oxygens (including phenoxy) is 2. The number of hydrogen-bond donors (Lipinski definition) is 1. The summed E-state index contributed by atoms with van der Waals surface area (Å²) in [7, 11) is 0. The number of carbonyl (C=O) groups excluding carboxylic acids is 3. The molecule has 3 saturated heterocycles. The predicted molar refractivity (Wildman–Crippen MR) is 141 cm³/mol. The van der Waals surface area contributed by atoms with E-state index >= 15 is 0 Å². The molecule has 2 unspecified atom stereocenters. The van der Waals surface area contributed by atoms with Crippen molar-refractivity contribution in [1.82, 2.24) is 9.80 Å². The highest BCUT2D eigenvalue weighted by Gasteiger charge is 2.75. The lowest BCUT2D eigenvalue weighted by Gasteiger charge is -2.40. The maximum Gasteiger partial charge on any atom is 0.312 e. The fraction of sp³-hybridized carbons (Fsp3) is 0.759. The highest BCUT2D eigenvalue weighted by atomic mass is 16.6. The minimum Gasteiger partial charge on any atom is -0.465 e. The fourth-order valence-electron chi connectivity index (χ4n) is 6.45. The van der Waals surface area contributed by atoms with E-state index in [9.17, 15) is 19.5 Å². The summed E-state index contributed by atoms with van der Waals surface area (Å²) in [5.74, 6) is -2.50. The zero-order valence-electron chi connectivity index (χ0n) is 22.9. The van der Waals surface area contributed by atoms with Crippen molar-refractivity contribution in [1.29, 1.82) is 0 Å². The van der Waals surface area contributed by atoms with Crippen molar-refractivity contribution in [3.8, 4) is 0 Å². The highest BCUT2D eigenvalue weighted by Crippen LogP contribution is 2.59. The van der Waals surface area contributed by atoms with E-state index in [1.54, 1.807) is 15.9 Å². The van der Waals surface area contributed by atoms with Crippen LogP contribution >= 0.6 is 0 Å². The number of allylic oxidation sites excluding steroid dienone is 1. The van der Waals surface area contributed by atoms with Gasteiger partial charge < -0.3 is 24.4 Å². The minimum atomic E-state index is -1.09. The van der Waals surface area contributed by atoms with Gasteiger partial charge in [-0.3, -0.25) is 14.4 Å². The summed E-state index contributed by atoms with van der Waals surface area (Å²) in [6.07, 6.45) is 9.55. The molecule has 3 rings (SSSR count). The molecule has 0 saturated carbocycles. The van der Waals surface area contributed by atoms with Gasteiger partial charge in [0.2, 0.25) is 11.8 Å². The van der Waals surface area contributed by atoms with Gasteiger partial charge in [0.25, 0.3) is 0 Å². The lowest BCUT2D eigenvalue weighted by atomic mass is 9.70. The molecule has 0 aromatic carbocycles. The molecule has 3 aliphatic heterocycles. The molecular weight excluding hydrogens is 472 g/mol. The van der Waals surface area contributed by atoms with Crippen molar-refractivity contribution in [2.24, 2.45) is 17.8 Å². The van der Waals surface area contributed by atoms with Crippen LogP contribution in [0.5, 0.6) is 0 Å². The lowest BCUT2D eigenvalue weighted by Crippen LogP contribution is -2.59. The van der Waals surface area contributed by atoms with E-state index in [4.69, 9.17) is 9.47 Å². The first kappa shape index (κ1) is 29.4. The second kappa shape index (κ2) is 13.1. The second-order valence-corrected chi connectivity index (χ2v) is 11.0. The Morgan fingerprint density at radius 2 is 2.00 bits per heavy atom. The molecule has 208 valence electrons. The van der Waals surface area contributed by atoms with Crippen LogP contribution in [0.25, 0.3) is 0 Å². The van der Waals surface area contributed by atoms with E-state index in [0.717, 1.165) is 38.5 Å². The van der Waals surface area contributed by atoms with Crippen molar-refractivity contribution < 1.29 is 29.0 Å². The third-order valence-corrected chi connectivity index (χ3v) is 8.30. The Balaban J connectivity index is 1.94. The number of unbranched alkanes of at least 4 members (excludes halogenated alkanes) is 4. The van der Waals surface area contributed by atoms with Crippen LogP contribution in [0.4, 0.5) is 0 Å². The molecule has 3 aliphatic rings. The van der Waals surface area contributed by atoms with Gasteiger partial charge in [-0.05, 0) is 44.4 Å². The molecule has 6 atom stereocenters.